The third-order valence-corrected chi connectivity index (χ3v) is 4.60. The van der Waals surface area contributed by atoms with Crippen LogP contribution in [0.2, 0.25) is 0 Å². The van der Waals surface area contributed by atoms with Gasteiger partial charge in [0, 0.05) is 11.9 Å². The summed E-state index contributed by atoms with van der Waals surface area (Å²) in [5, 5.41) is 12.0. The number of hydrogen-bond donors (Lipinski definition) is 2. The zero-order chi connectivity index (χ0) is 24.7. The number of fused-ring (bicyclic) bond motifs is 1. The Kier molecular flexibility index (Phi) is 5.55. The molecule has 0 bridgehead atoms. The number of hydrogen-bond acceptors (Lipinski definition) is 6. The smallest absolute Gasteiger partial charge is 0.418 e. The van der Waals surface area contributed by atoms with Crippen LogP contribution in [0.25, 0.3) is 22.6 Å². The number of aromatic carboxylic acids is 1. The van der Waals surface area contributed by atoms with E-state index in [9.17, 15) is 31.1 Å². The van der Waals surface area contributed by atoms with Crippen molar-refractivity contribution < 1.29 is 36.2 Å². The molecule has 0 unspecified atom stereocenters. The van der Waals surface area contributed by atoms with Crippen molar-refractivity contribution in [1.29, 1.82) is 0 Å². The summed E-state index contributed by atoms with van der Waals surface area (Å²) in [5.74, 6) is -1.52. The van der Waals surface area contributed by atoms with Gasteiger partial charge in [-0.1, -0.05) is 0 Å². The van der Waals surface area contributed by atoms with E-state index in [1.165, 1.54) is 24.4 Å². The first-order chi connectivity index (χ1) is 15.9. The van der Waals surface area contributed by atoms with Crippen LogP contribution < -0.4 is 5.32 Å². The topological polar surface area (TPSA) is 101 Å². The van der Waals surface area contributed by atoms with E-state index in [0.717, 1.165) is 24.4 Å². The summed E-state index contributed by atoms with van der Waals surface area (Å²) in [6, 6.07) is 6.95. The van der Waals surface area contributed by atoms with E-state index >= 15 is 0 Å². The average Bonchev–Trinajstić information content (AvgIpc) is 2.77. The van der Waals surface area contributed by atoms with Gasteiger partial charge in [0.2, 0.25) is 0 Å². The molecule has 0 fully saturated rings. The van der Waals surface area contributed by atoms with Crippen LogP contribution in [0, 0.1) is 0 Å². The third kappa shape index (κ3) is 4.58. The van der Waals surface area contributed by atoms with Crippen LogP contribution in [0.4, 0.5) is 37.7 Å². The standard InChI is InChI=1S/C21H11F6N5O2/c22-20(23,24)10-1-3-11(4-2-10)30-13-7-8-28-18-17(13)29-9-15(32-18)16-12(21(25,26)27)5-6-14(31-16)19(33)34/h1-9H,(H,33,34)(H,28,30,32). The molecule has 0 aliphatic heterocycles. The Morgan fingerprint density at radius 3 is 2.18 bits per heavy atom. The molecule has 7 nitrogen and oxygen atoms in total. The molecule has 0 aliphatic rings. The molecule has 34 heavy (non-hydrogen) atoms. The maximum Gasteiger partial charge on any atom is 0.418 e. The van der Waals surface area contributed by atoms with Crippen molar-refractivity contribution in [3.8, 4) is 11.4 Å². The van der Waals surface area contributed by atoms with Gasteiger partial charge in [-0.15, -0.1) is 0 Å². The number of benzene rings is 1. The second-order valence-electron chi connectivity index (χ2n) is 6.88. The molecule has 3 heterocycles. The summed E-state index contributed by atoms with van der Waals surface area (Å²) < 4.78 is 78.6. The predicted molar refractivity (Wildman–Crippen MR) is 107 cm³/mol. The molecule has 4 rings (SSSR count). The SMILES string of the molecule is O=C(O)c1ccc(C(F)(F)F)c(-c2cnc3c(Nc4ccc(C(F)(F)F)cc4)ccnc3n2)n1. The quantitative estimate of drug-likeness (QED) is 0.369. The highest BCUT2D eigenvalue weighted by Crippen LogP contribution is 2.36. The number of nitrogens with zero attached hydrogens (tertiary/aromatic N) is 4. The molecule has 1 aromatic carbocycles. The van der Waals surface area contributed by atoms with Gasteiger partial charge in [0.15, 0.2) is 5.65 Å². The summed E-state index contributed by atoms with van der Waals surface area (Å²) in [6.45, 7) is 0. The Balaban J connectivity index is 1.75. The first-order valence-electron chi connectivity index (χ1n) is 9.31. The van der Waals surface area contributed by atoms with Crippen molar-refractivity contribution in [1.82, 2.24) is 19.9 Å². The fraction of sp³-hybridized carbons (Fsp3) is 0.0952. The zero-order valence-corrected chi connectivity index (χ0v) is 16.6. The summed E-state index contributed by atoms with van der Waals surface area (Å²) in [5.41, 5.74) is -3.14. The predicted octanol–water partition coefficient (Wildman–Crippen LogP) is 5.57. The van der Waals surface area contributed by atoms with E-state index in [1.807, 2.05) is 0 Å². The maximum absolute atomic E-state index is 13.5. The van der Waals surface area contributed by atoms with Crippen LogP contribution in [0.15, 0.2) is 54.9 Å². The largest absolute Gasteiger partial charge is 0.477 e. The summed E-state index contributed by atoms with van der Waals surface area (Å²) in [6.07, 6.45) is -7.08. The normalized spacial score (nSPS) is 12.1. The van der Waals surface area contributed by atoms with Crippen molar-refractivity contribution in [2.24, 2.45) is 0 Å². The molecular formula is C21H11F6N5O2. The molecule has 13 heteroatoms. The Morgan fingerprint density at radius 1 is 0.853 bits per heavy atom. The monoisotopic (exact) mass is 479 g/mol. The Morgan fingerprint density at radius 2 is 1.56 bits per heavy atom. The number of alkyl halides is 6. The van der Waals surface area contributed by atoms with E-state index < -0.39 is 40.8 Å². The number of pyridine rings is 2. The van der Waals surface area contributed by atoms with Crippen LogP contribution >= 0.6 is 0 Å². The van der Waals surface area contributed by atoms with Crippen molar-refractivity contribution >= 4 is 28.5 Å². The lowest BCUT2D eigenvalue weighted by Crippen LogP contribution is -2.12. The molecular weight excluding hydrogens is 468 g/mol. The van der Waals surface area contributed by atoms with Crippen LogP contribution in [-0.4, -0.2) is 31.0 Å². The minimum Gasteiger partial charge on any atom is -0.477 e. The number of carbonyl (C=O) groups is 1. The number of nitrogens with one attached hydrogen (secondary N) is 1. The molecule has 3 aromatic heterocycles. The molecule has 0 aliphatic carbocycles. The van der Waals surface area contributed by atoms with Crippen LogP contribution in [0.1, 0.15) is 21.6 Å². The lowest BCUT2D eigenvalue weighted by molar-refractivity contribution is -0.138. The van der Waals surface area contributed by atoms with Gasteiger partial charge in [0.25, 0.3) is 0 Å². The second-order valence-corrected chi connectivity index (χ2v) is 6.88. The average molecular weight is 479 g/mol. The lowest BCUT2D eigenvalue weighted by atomic mass is 10.1. The number of carboxylic acid groups (broad SMARTS) is 1. The highest BCUT2D eigenvalue weighted by molar-refractivity contribution is 5.89. The van der Waals surface area contributed by atoms with E-state index in [2.05, 4.69) is 25.3 Å². The van der Waals surface area contributed by atoms with E-state index in [0.29, 0.717) is 11.8 Å². The summed E-state index contributed by atoms with van der Waals surface area (Å²) >= 11 is 0. The van der Waals surface area contributed by atoms with Gasteiger partial charge < -0.3 is 10.4 Å². The molecule has 2 N–H and O–H groups in total. The summed E-state index contributed by atoms with van der Waals surface area (Å²) in [4.78, 5) is 26.9. The number of carboxylic acids is 1. The van der Waals surface area contributed by atoms with Gasteiger partial charge in [-0.3, -0.25) is 0 Å². The minimum absolute atomic E-state index is 0.0925. The molecule has 0 saturated carbocycles. The van der Waals surface area contributed by atoms with E-state index in [-0.39, 0.29) is 22.5 Å². The van der Waals surface area contributed by atoms with Gasteiger partial charge in [0.05, 0.1) is 23.0 Å². The van der Waals surface area contributed by atoms with Crippen LogP contribution in [-0.2, 0) is 12.4 Å². The highest BCUT2D eigenvalue weighted by atomic mass is 19.4. The molecule has 0 spiro atoms. The Hall–Kier alpha value is -4.29. The zero-order valence-electron chi connectivity index (χ0n) is 16.6. The van der Waals surface area contributed by atoms with Crippen LogP contribution in [0.3, 0.4) is 0 Å². The fourth-order valence-corrected chi connectivity index (χ4v) is 3.04. The van der Waals surface area contributed by atoms with Crippen molar-refractivity contribution in [3.63, 3.8) is 0 Å². The van der Waals surface area contributed by atoms with Gasteiger partial charge >= 0.3 is 18.3 Å². The van der Waals surface area contributed by atoms with Gasteiger partial charge in [0.1, 0.15) is 22.6 Å². The Labute approximate surface area is 186 Å². The Bertz CT molecular complexity index is 1390. The van der Waals surface area contributed by atoms with Gasteiger partial charge in [-0.25, -0.2) is 24.7 Å². The fourth-order valence-electron chi connectivity index (χ4n) is 3.04. The van der Waals surface area contributed by atoms with E-state index in [1.54, 1.807) is 0 Å². The molecule has 0 radical (unpaired) electrons. The molecule has 0 amide bonds. The van der Waals surface area contributed by atoms with Crippen molar-refractivity contribution in [3.05, 3.63) is 71.7 Å². The summed E-state index contributed by atoms with van der Waals surface area (Å²) in [7, 11) is 0. The van der Waals surface area contributed by atoms with E-state index in [4.69, 9.17) is 5.11 Å². The number of rotatable bonds is 4. The molecule has 174 valence electrons. The van der Waals surface area contributed by atoms with Gasteiger partial charge in [-0.2, -0.15) is 26.3 Å². The number of halogens is 6. The van der Waals surface area contributed by atoms with Gasteiger partial charge in [-0.05, 0) is 42.5 Å². The van der Waals surface area contributed by atoms with Crippen molar-refractivity contribution in [2.75, 3.05) is 5.32 Å². The molecule has 0 atom stereocenters. The molecule has 0 saturated heterocycles. The van der Waals surface area contributed by atoms with Crippen LogP contribution in [0.5, 0.6) is 0 Å². The highest BCUT2D eigenvalue weighted by Gasteiger charge is 2.36. The minimum atomic E-state index is -4.84. The number of aromatic nitrogens is 4. The van der Waals surface area contributed by atoms with Crippen molar-refractivity contribution in [2.45, 2.75) is 12.4 Å². The molecule has 4 aromatic rings. The lowest BCUT2D eigenvalue weighted by Gasteiger charge is -2.13. The maximum atomic E-state index is 13.5. The number of anilines is 2. The first kappa shape index (κ1) is 22.9. The second kappa shape index (κ2) is 8.24. The first-order valence-corrected chi connectivity index (χ1v) is 9.31. The third-order valence-electron chi connectivity index (χ3n) is 4.60.